The lowest BCUT2D eigenvalue weighted by Crippen LogP contribution is -2.44. The van der Waals surface area contributed by atoms with Gasteiger partial charge in [-0.15, -0.1) is 0 Å². The smallest absolute Gasteiger partial charge is 0.169 e. The van der Waals surface area contributed by atoms with Crippen molar-refractivity contribution >= 4 is 17.3 Å². The summed E-state index contributed by atoms with van der Waals surface area (Å²) < 4.78 is 0. The van der Waals surface area contributed by atoms with Crippen LogP contribution in [0.2, 0.25) is 0 Å². The van der Waals surface area contributed by atoms with Crippen LogP contribution in [0.4, 0.5) is 0 Å². The Morgan fingerprint density at radius 2 is 2.17 bits per heavy atom. The Balaban J connectivity index is 2.35. The predicted octanol–water partition coefficient (Wildman–Crippen LogP) is 1.75. The van der Waals surface area contributed by atoms with Crippen molar-refractivity contribution in [3.8, 4) is 0 Å². The Morgan fingerprint density at radius 1 is 1.58 bits per heavy atom. The molecule has 0 bridgehead atoms. The molecular weight excluding hydrogens is 168 g/mol. The Bertz CT molecular complexity index is 164. The maximum atomic E-state index is 5.28. The predicted molar refractivity (Wildman–Crippen MR) is 56.3 cm³/mol. The number of nitrogens with zero attached hydrogens (tertiary/aromatic N) is 1. The summed E-state index contributed by atoms with van der Waals surface area (Å²) in [5.74, 6) is 0. The van der Waals surface area contributed by atoms with E-state index in [0.717, 1.165) is 11.7 Å². The van der Waals surface area contributed by atoms with Gasteiger partial charge in [0.25, 0.3) is 0 Å². The molecule has 0 radical (unpaired) electrons. The molecule has 1 N–H and O–H groups in total. The third kappa shape index (κ3) is 2.63. The van der Waals surface area contributed by atoms with Crippen molar-refractivity contribution in [1.82, 2.24) is 10.2 Å². The van der Waals surface area contributed by atoms with Crippen molar-refractivity contribution in [2.75, 3.05) is 6.54 Å². The molecular formula is C9H18N2S. The molecule has 0 amide bonds. The minimum absolute atomic E-state index is 0.508. The minimum Gasteiger partial charge on any atom is -0.360 e. The van der Waals surface area contributed by atoms with Crippen molar-refractivity contribution < 1.29 is 0 Å². The van der Waals surface area contributed by atoms with Crippen LogP contribution in [0.25, 0.3) is 0 Å². The molecule has 0 spiro atoms. The molecule has 1 saturated carbocycles. The van der Waals surface area contributed by atoms with E-state index in [9.17, 15) is 0 Å². The van der Waals surface area contributed by atoms with Crippen molar-refractivity contribution in [3.63, 3.8) is 0 Å². The van der Waals surface area contributed by atoms with E-state index in [1.807, 2.05) is 0 Å². The zero-order chi connectivity index (χ0) is 9.14. The first-order valence-corrected chi connectivity index (χ1v) is 5.13. The molecule has 0 aromatic carbocycles. The summed E-state index contributed by atoms with van der Waals surface area (Å²) in [5, 5.41) is 4.27. The maximum Gasteiger partial charge on any atom is 0.169 e. The number of nitrogens with one attached hydrogen (secondary N) is 1. The first-order chi connectivity index (χ1) is 5.65. The van der Waals surface area contributed by atoms with Gasteiger partial charge in [-0.3, -0.25) is 0 Å². The van der Waals surface area contributed by atoms with Gasteiger partial charge in [-0.1, -0.05) is 0 Å². The van der Waals surface area contributed by atoms with Gasteiger partial charge in [0.15, 0.2) is 5.11 Å². The lowest BCUT2D eigenvalue weighted by atomic mass is 10.3. The van der Waals surface area contributed by atoms with Crippen molar-refractivity contribution in [1.29, 1.82) is 0 Å². The van der Waals surface area contributed by atoms with Crippen LogP contribution < -0.4 is 5.32 Å². The Morgan fingerprint density at radius 3 is 2.50 bits per heavy atom. The van der Waals surface area contributed by atoms with E-state index in [-0.39, 0.29) is 0 Å². The van der Waals surface area contributed by atoms with Crippen LogP contribution in [-0.2, 0) is 0 Å². The molecule has 1 rings (SSSR count). The van der Waals surface area contributed by atoms with E-state index in [2.05, 4.69) is 31.0 Å². The first kappa shape index (κ1) is 9.78. The molecule has 2 nitrogen and oxygen atoms in total. The molecule has 1 aliphatic rings. The Hall–Kier alpha value is -0.310. The molecule has 3 heteroatoms. The SMILES string of the molecule is CCN(C(=S)NC1CC1)C(C)C. The van der Waals surface area contributed by atoms with E-state index >= 15 is 0 Å². The fraction of sp³-hybridized carbons (Fsp3) is 0.889. The summed E-state index contributed by atoms with van der Waals surface area (Å²) >= 11 is 5.28. The molecule has 1 fully saturated rings. The quantitative estimate of drug-likeness (QED) is 0.676. The van der Waals surface area contributed by atoms with Gasteiger partial charge < -0.3 is 10.2 Å². The van der Waals surface area contributed by atoms with E-state index in [1.54, 1.807) is 0 Å². The van der Waals surface area contributed by atoms with Crippen molar-refractivity contribution in [3.05, 3.63) is 0 Å². The minimum atomic E-state index is 0.508. The average Bonchev–Trinajstić information content (AvgIpc) is 2.71. The van der Waals surface area contributed by atoms with Crippen LogP contribution in [-0.4, -0.2) is 28.6 Å². The normalized spacial score (nSPS) is 16.3. The highest BCUT2D eigenvalue weighted by Crippen LogP contribution is 2.19. The van der Waals surface area contributed by atoms with Gasteiger partial charge in [-0.25, -0.2) is 0 Å². The topological polar surface area (TPSA) is 15.3 Å². The fourth-order valence-corrected chi connectivity index (χ4v) is 1.74. The van der Waals surface area contributed by atoms with Gasteiger partial charge >= 0.3 is 0 Å². The summed E-state index contributed by atoms with van der Waals surface area (Å²) in [4.78, 5) is 2.22. The number of rotatable bonds is 3. The second-order valence-corrected chi connectivity index (χ2v) is 3.99. The maximum absolute atomic E-state index is 5.28. The van der Waals surface area contributed by atoms with E-state index < -0.39 is 0 Å². The van der Waals surface area contributed by atoms with Crippen LogP contribution in [0.15, 0.2) is 0 Å². The largest absolute Gasteiger partial charge is 0.360 e. The first-order valence-electron chi connectivity index (χ1n) is 4.72. The van der Waals surface area contributed by atoms with Gasteiger partial charge in [-0.05, 0) is 45.8 Å². The molecule has 0 aromatic rings. The second-order valence-electron chi connectivity index (χ2n) is 3.60. The number of hydrogen-bond acceptors (Lipinski definition) is 1. The van der Waals surface area contributed by atoms with Gasteiger partial charge in [0.1, 0.15) is 0 Å². The van der Waals surface area contributed by atoms with Crippen LogP contribution >= 0.6 is 12.2 Å². The van der Waals surface area contributed by atoms with Crippen LogP contribution in [0, 0.1) is 0 Å². The second kappa shape index (κ2) is 4.08. The van der Waals surface area contributed by atoms with Crippen molar-refractivity contribution in [2.24, 2.45) is 0 Å². The van der Waals surface area contributed by atoms with E-state index in [1.165, 1.54) is 12.8 Å². The standard InChI is InChI=1S/C9H18N2S/c1-4-11(7(2)3)9(12)10-8-5-6-8/h7-8H,4-6H2,1-3H3,(H,10,12). The van der Waals surface area contributed by atoms with Crippen LogP contribution in [0.3, 0.4) is 0 Å². The fourth-order valence-electron chi connectivity index (χ4n) is 1.23. The third-order valence-corrected chi connectivity index (χ3v) is 2.48. The molecule has 70 valence electrons. The van der Waals surface area contributed by atoms with Gasteiger partial charge in [0, 0.05) is 18.6 Å². The monoisotopic (exact) mass is 186 g/mol. The van der Waals surface area contributed by atoms with Gasteiger partial charge in [0.2, 0.25) is 0 Å². The third-order valence-electron chi connectivity index (χ3n) is 2.13. The molecule has 0 aromatic heterocycles. The Kier molecular flexibility index (Phi) is 3.32. The van der Waals surface area contributed by atoms with Gasteiger partial charge in [0.05, 0.1) is 0 Å². The zero-order valence-corrected chi connectivity index (χ0v) is 8.95. The molecule has 0 saturated heterocycles. The van der Waals surface area contributed by atoms with Gasteiger partial charge in [-0.2, -0.15) is 0 Å². The molecule has 0 unspecified atom stereocenters. The molecule has 12 heavy (non-hydrogen) atoms. The van der Waals surface area contributed by atoms with E-state index in [0.29, 0.717) is 12.1 Å². The highest BCUT2D eigenvalue weighted by molar-refractivity contribution is 7.80. The lowest BCUT2D eigenvalue weighted by Gasteiger charge is -2.28. The summed E-state index contributed by atoms with van der Waals surface area (Å²) in [5.41, 5.74) is 0. The Labute approximate surface area is 80.3 Å². The molecule has 0 heterocycles. The van der Waals surface area contributed by atoms with Crippen LogP contribution in [0.1, 0.15) is 33.6 Å². The average molecular weight is 186 g/mol. The summed E-state index contributed by atoms with van der Waals surface area (Å²) in [6.07, 6.45) is 2.57. The molecule has 1 aliphatic carbocycles. The lowest BCUT2D eigenvalue weighted by molar-refractivity contribution is 0.361. The zero-order valence-electron chi connectivity index (χ0n) is 8.13. The van der Waals surface area contributed by atoms with Crippen molar-refractivity contribution in [2.45, 2.75) is 45.7 Å². The number of thiocarbonyl (C=S) groups is 1. The molecule has 0 atom stereocenters. The number of hydrogen-bond donors (Lipinski definition) is 1. The summed E-state index contributed by atoms with van der Waals surface area (Å²) in [6.45, 7) is 7.48. The molecule has 0 aliphatic heterocycles. The summed E-state index contributed by atoms with van der Waals surface area (Å²) in [7, 11) is 0. The van der Waals surface area contributed by atoms with Crippen LogP contribution in [0.5, 0.6) is 0 Å². The highest BCUT2D eigenvalue weighted by Gasteiger charge is 2.23. The van der Waals surface area contributed by atoms with E-state index in [4.69, 9.17) is 12.2 Å². The summed E-state index contributed by atoms with van der Waals surface area (Å²) in [6, 6.07) is 1.18. The highest BCUT2D eigenvalue weighted by atomic mass is 32.1.